The maximum absolute atomic E-state index is 12.2. The van der Waals surface area contributed by atoms with E-state index >= 15 is 0 Å². The first-order valence-electron chi connectivity index (χ1n) is 7.69. The molecule has 0 fully saturated rings. The lowest BCUT2D eigenvalue weighted by molar-refractivity contribution is -0.112. The normalized spacial score (nSPS) is 10.9. The fourth-order valence-corrected chi connectivity index (χ4v) is 2.41. The fourth-order valence-electron chi connectivity index (χ4n) is 2.41. The molecule has 122 valence electrons. The van der Waals surface area contributed by atoms with Crippen LogP contribution in [0.2, 0.25) is 0 Å². The number of nitrogen functional groups attached to an aromatic ring is 1. The van der Waals surface area contributed by atoms with Gasteiger partial charge in [0.2, 0.25) is 0 Å². The number of amides is 1. The van der Waals surface area contributed by atoms with Crippen molar-refractivity contribution in [2.75, 3.05) is 16.4 Å². The van der Waals surface area contributed by atoms with Gasteiger partial charge in [-0.1, -0.05) is 36.4 Å². The van der Waals surface area contributed by atoms with Crippen molar-refractivity contribution in [3.05, 3.63) is 78.5 Å². The first-order valence-corrected chi connectivity index (χ1v) is 7.69. The second-order valence-corrected chi connectivity index (χ2v) is 5.42. The van der Waals surface area contributed by atoms with Crippen molar-refractivity contribution in [2.24, 2.45) is 0 Å². The third kappa shape index (κ3) is 3.77. The molecule has 4 N–H and O–H groups in total. The number of hydrogen-bond acceptors (Lipinski definition) is 4. The highest BCUT2D eigenvalue weighted by atomic mass is 16.1. The Bertz CT molecular complexity index is 979. The zero-order valence-corrected chi connectivity index (χ0v) is 13.4. The number of carbonyl (C=O) groups excluding carboxylic acids is 1. The molecular formula is C20H16N4O. The molecule has 5 heteroatoms. The van der Waals surface area contributed by atoms with E-state index in [1.807, 2.05) is 48.5 Å². The first-order chi connectivity index (χ1) is 12.2. The average molecular weight is 328 g/mol. The average Bonchev–Trinajstić information content (AvgIpc) is 2.64. The number of hydrogen-bond donors (Lipinski definition) is 3. The Hall–Kier alpha value is -3.78. The Labute approximate surface area is 145 Å². The van der Waals surface area contributed by atoms with Gasteiger partial charge in [0.05, 0.1) is 0 Å². The smallest absolute Gasteiger partial charge is 0.267 e. The predicted octanol–water partition coefficient (Wildman–Crippen LogP) is 3.88. The molecule has 5 nitrogen and oxygen atoms in total. The lowest BCUT2D eigenvalue weighted by Gasteiger charge is -2.08. The summed E-state index contributed by atoms with van der Waals surface area (Å²) >= 11 is 0. The Morgan fingerprint density at radius 1 is 1.00 bits per heavy atom. The van der Waals surface area contributed by atoms with E-state index in [9.17, 15) is 10.1 Å². The van der Waals surface area contributed by atoms with Crippen molar-refractivity contribution in [3.63, 3.8) is 0 Å². The van der Waals surface area contributed by atoms with Crippen LogP contribution >= 0.6 is 0 Å². The van der Waals surface area contributed by atoms with E-state index in [2.05, 4.69) is 10.6 Å². The van der Waals surface area contributed by atoms with Gasteiger partial charge in [0.15, 0.2) is 0 Å². The van der Waals surface area contributed by atoms with Gasteiger partial charge in [-0.15, -0.1) is 0 Å². The summed E-state index contributed by atoms with van der Waals surface area (Å²) in [6.07, 6.45) is 1.41. The maximum Gasteiger partial charge on any atom is 0.267 e. The van der Waals surface area contributed by atoms with E-state index < -0.39 is 5.91 Å². The van der Waals surface area contributed by atoms with Gasteiger partial charge in [0.1, 0.15) is 11.6 Å². The van der Waals surface area contributed by atoms with Gasteiger partial charge >= 0.3 is 0 Å². The summed E-state index contributed by atoms with van der Waals surface area (Å²) in [6.45, 7) is 0. The minimum atomic E-state index is -0.486. The van der Waals surface area contributed by atoms with Crippen LogP contribution < -0.4 is 16.4 Å². The molecule has 0 aliphatic heterocycles. The second-order valence-electron chi connectivity index (χ2n) is 5.42. The SMILES string of the molecule is N#C/C(=C/Nc1cccc2ccccc12)C(=O)Nc1ccc(N)cc1. The van der Waals surface area contributed by atoms with Crippen LogP contribution in [0.4, 0.5) is 17.1 Å². The highest BCUT2D eigenvalue weighted by Crippen LogP contribution is 2.23. The van der Waals surface area contributed by atoms with Gasteiger partial charge in [-0.05, 0) is 35.7 Å². The van der Waals surface area contributed by atoms with Crippen molar-refractivity contribution in [1.29, 1.82) is 5.26 Å². The minimum absolute atomic E-state index is 0.0234. The molecule has 0 saturated carbocycles. The van der Waals surface area contributed by atoms with Gasteiger partial charge in [0, 0.05) is 28.6 Å². The van der Waals surface area contributed by atoms with Gasteiger partial charge in [0.25, 0.3) is 5.91 Å². The number of anilines is 3. The molecule has 0 unspecified atom stereocenters. The van der Waals surface area contributed by atoms with Crippen LogP contribution in [0.25, 0.3) is 10.8 Å². The number of nitriles is 1. The van der Waals surface area contributed by atoms with E-state index in [0.29, 0.717) is 11.4 Å². The fraction of sp³-hybridized carbons (Fsp3) is 0. The Balaban J connectivity index is 1.79. The number of fused-ring (bicyclic) bond motifs is 1. The van der Waals surface area contributed by atoms with E-state index in [0.717, 1.165) is 16.5 Å². The van der Waals surface area contributed by atoms with Crippen LogP contribution in [-0.2, 0) is 4.79 Å². The molecule has 0 atom stereocenters. The Kier molecular flexibility index (Phi) is 4.63. The van der Waals surface area contributed by atoms with Crippen LogP contribution in [0.15, 0.2) is 78.5 Å². The lowest BCUT2D eigenvalue weighted by atomic mass is 10.1. The van der Waals surface area contributed by atoms with Crippen LogP contribution in [-0.4, -0.2) is 5.91 Å². The molecule has 0 aromatic heterocycles. The van der Waals surface area contributed by atoms with Gasteiger partial charge in [-0.25, -0.2) is 0 Å². The highest BCUT2D eigenvalue weighted by molar-refractivity contribution is 6.07. The predicted molar refractivity (Wildman–Crippen MR) is 101 cm³/mol. The minimum Gasteiger partial charge on any atom is -0.399 e. The quantitative estimate of drug-likeness (QED) is 0.385. The third-order valence-electron chi connectivity index (χ3n) is 3.70. The molecule has 0 bridgehead atoms. The lowest BCUT2D eigenvalue weighted by Crippen LogP contribution is -2.14. The number of rotatable bonds is 4. The Morgan fingerprint density at radius 3 is 2.48 bits per heavy atom. The molecule has 0 aliphatic carbocycles. The van der Waals surface area contributed by atoms with Crippen LogP contribution in [0.3, 0.4) is 0 Å². The van der Waals surface area contributed by atoms with E-state index in [1.165, 1.54) is 6.20 Å². The van der Waals surface area contributed by atoms with Crippen molar-refractivity contribution >= 4 is 33.7 Å². The number of carbonyl (C=O) groups is 1. The van der Waals surface area contributed by atoms with Crippen molar-refractivity contribution in [1.82, 2.24) is 0 Å². The number of nitrogens with zero attached hydrogens (tertiary/aromatic N) is 1. The molecule has 3 aromatic rings. The van der Waals surface area contributed by atoms with Gasteiger partial charge in [-0.2, -0.15) is 5.26 Å². The number of nitrogens with two attached hydrogens (primary N) is 1. The van der Waals surface area contributed by atoms with Gasteiger partial charge < -0.3 is 16.4 Å². The Morgan fingerprint density at radius 2 is 1.72 bits per heavy atom. The number of nitrogens with one attached hydrogen (secondary N) is 2. The van der Waals surface area contributed by atoms with E-state index in [4.69, 9.17) is 5.73 Å². The maximum atomic E-state index is 12.2. The van der Waals surface area contributed by atoms with Gasteiger partial charge in [-0.3, -0.25) is 4.79 Å². The summed E-state index contributed by atoms with van der Waals surface area (Å²) in [7, 11) is 0. The van der Waals surface area contributed by atoms with E-state index in [1.54, 1.807) is 24.3 Å². The summed E-state index contributed by atoms with van der Waals surface area (Å²) < 4.78 is 0. The van der Waals surface area contributed by atoms with Crippen molar-refractivity contribution in [3.8, 4) is 6.07 Å². The summed E-state index contributed by atoms with van der Waals surface area (Å²) in [5.41, 5.74) is 7.59. The molecular weight excluding hydrogens is 312 g/mol. The van der Waals surface area contributed by atoms with Crippen molar-refractivity contribution < 1.29 is 4.79 Å². The standard InChI is InChI=1S/C20H16N4O/c21-12-15(20(25)24-17-10-8-16(22)9-11-17)13-23-19-7-3-5-14-4-1-2-6-18(14)19/h1-11,13,23H,22H2,(H,24,25)/b15-13-. The second kappa shape index (κ2) is 7.20. The monoisotopic (exact) mass is 328 g/mol. The number of benzene rings is 3. The molecule has 0 radical (unpaired) electrons. The molecule has 1 amide bonds. The largest absolute Gasteiger partial charge is 0.399 e. The highest BCUT2D eigenvalue weighted by Gasteiger charge is 2.09. The summed E-state index contributed by atoms with van der Waals surface area (Å²) in [5.74, 6) is -0.486. The molecule has 0 heterocycles. The summed E-state index contributed by atoms with van der Waals surface area (Å²) in [4.78, 5) is 12.2. The summed E-state index contributed by atoms with van der Waals surface area (Å²) in [6, 6.07) is 22.3. The van der Waals surface area contributed by atoms with Crippen molar-refractivity contribution in [2.45, 2.75) is 0 Å². The molecule has 0 aliphatic rings. The first kappa shape index (κ1) is 16.1. The molecule has 3 aromatic carbocycles. The molecule has 3 rings (SSSR count). The van der Waals surface area contributed by atoms with Crippen LogP contribution in [0.1, 0.15) is 0 Å². The molecule has 25 heavy (non-hydrogen) atoms. The molecule has 0 saturated heterocycles. The van der Waals surface area contributed by atoms with E-state index in [-0.39, 0.29) is 5.57 Å². The zero-order chi connectivity index (χ0) is 17.6. The summed E-state index contributed by atoms with van der Waals surface area (Å²) in [5, 5.41) is 17.1. The third-order valence-corrected chi connectivity index (χ3v) is 3.70. The van der Waals surface area contributed by atoms with Crippen LogP contribution in [0, 0.1) is 11.3 Å². The zero-order valence-electron chi connectivity index (χ0n) is 13.4. The topological polar surface area (TPSA) is 90.9 Å². The molecule has 0 spiro atoms. The van der Waals surface area contributed by atoms with Crippen LogP contribution in [0.5, 0.6) is 0 Å².